The molecule has 0 spiro atoms. The van der Waals surface area contributed by atoms with Gasteiger partial charge in [0.15, 0.2) is 0 Å². The number of nitrogens with one attached hydrogen (secondary N) is 1. The number of alkyl halides is 3. The zero-order valence-corrected chi connectivity index (χ0v) is 17.2. The second kappa shape index (κ2) is 8.74. The molecule has 0 aliphatic carbocycles. The molecule has 0 fully saturated rings. The standard InChI is InChI=1S/C22H20F3N3O4/c1-12-4-3-5-15(10-12)28-17-11-14(22(23,24)25)6-7-16(17)20(21(28)32)13(2)26-27-18(29)8-9-19(30)31/h3-7,10-11,32H,8-9H2,1-2H3,(H,27,29)(H,30,31). The molecule has 7 nitrogen and oxygen atoms in total. The van der Waals surface area contributed by atoms with Crippen LogP contribution in [0.5, 0.6) is 5.88 Å². The maximum atomic E-state index is 13.3. The minimum atomic E-state index is -4.58. The summed E-state index contributed by atoms with van der Waals surface area (Å²) in [5, 5.41) is 23.8. The second-order valence-corrected chi connectivity index (χ2v) is 7.23. The van der Waals surface area contributed by atoms with Gasteiger partial charge in [-0.25, -0.2) is 5.43 Å². The Kier molecular flexibility index (Phi) is 6.24. The number of amides is 1. The van der Waals surface area contributed by atoms with Crippen LogP contribution in [0.25, 0.3) is 16.6 Å². The Labute approximate surface area is 180 Å². The van der Waals surface area contributed by atoms with Crippen molar-refractivity contribution in [3.63, 3.8) is 0 Å². The molecule has 0 saturated carbocycles. The smallest absolute Gasteiger partial charge is 0.416 e. The normalized spacial score (nSPS) is 12.2. The predicted molar refractivity (Wildman–Crippen MR) is 112 cm³/mol. The van der Waals surface area contributed by atoms with Crippen LogP contribution in [0.2, 0.25) is 0 Å². The van der Waals surface area contributed by atoms with Crippen molar-refractivity contribution >= 4 is 28.5 Å². The van der Waals surface area contributed by atoms with E-state index >= 15 is 0 Å². The number of aromatic hydroxyl groups is 1. The highest BCUT2D eigenvalue weighted by Gasteiger charge is 2.32. The fourth-order valence-electron chi connectivity index (χ4n) is 3.31. The number of rotatable bonds is 6. The van der Waals surface area contributed by atoms with Crippen molar-refractivity contribution in [3.8, 4) is 11.6 Å². The number of carbonyl (C=O) groups is 2. The fourth-order valence-corrected chi connectivity index (χ4v) is 3.31. The number of aliphatic carboxylic acids is 1. The zero-order chi connectivity index (χ0) is 23.6. The van der Waals surface area contributed by atoms with Gasteiger partial charge in [-0.3, -0.25) is 14.2 Å². The maximum Gasteiger partial charge on any atom is 0.416 e. The summed E-state index contributed by atoms with van der Waals surface area (Å²) >= 11 is 0. The molecule has 0 bridgehead atoms. The van der Waals surface area contributed by atoms with E-state index in [-0.39, 0.29) is 35.5 Å². The van der Waals surface area contributed by atoms with E-state index in [4.69, 9.17) is 5.11 Å². The number of carboxylic acid groups (broad SMARTS) is 1. The molecule has 3 aromatic rings. The molecule has 0 aliphatic heterocycles. The van der Waals surface area contributed by atoms with E-state index < -0.39 is 23.6 Å². The summed E-state index contributed by atoms with van der Waals surface area (Å²) in [7, 11) is 0. The first-order valence-electron chi connectivity index (χ1n) is 9.56. The van der Waals surface area contributed by atoms with Gasteiger partial charge in [0.1, 0.15) is 0 Å². The van der Waals surface area contributed by atoms with Crippen LogP contribution < -0.4 is 5.43 Å². The minimum absolute atomic E-state index is 0.115. The van der Waals surface area contributed by atoms with Crippen molar-refractivity contribution in [2.24, 2.45) is 5.10 Å². The number of nitrogens with zero attached hydrogens (tertiary/aromatic N) is 2. The monoisotopic (exact) mass is 447 g/mol. The van der Waals surface area contributed by atoms with E-state index in [0.717, 1.165) is 17.7 Å². The van der Waals surface area contributed by atoms with Gasteiger partial charge in [-0.15, -0.1) is 0 Å². The molecule has 2 aromatic carbocycles. The molecular weight excluding hydrogens is 427 g/mol. The molecule has 0 aliphatic rings. The molecule has 10 heteroatoms. The lowest BCUT2D eigenvalue weighted by atomic mass is 10.1. The summed E-state index contributed by atoms with van der Waals surface area (Å²) in [6.45, 7) is 3.29. The van der Waals surface area contributed by atoms with Crippen molar-refractivity contribution in [2.45, 2.75) is 32.9 Å². The van der Waals surface area contributed by atoms with Crippen LogP contribution in [0.4, 0.5) is 13.2 Å². The summed E-state index contributed by atoms with van der Waals surface area (Å²) in [6, 6.07) is 9.98. The van der Waals surface area contributed by atoms with Crippen LogP contribution in [0.3, 0.4) is 0 Å². The van der Waals surface area contributed by atoms with Gasteiger partial charge in [-0.2, -0.15) is 18.3 Å². The number of fused-ring (bicyclic) bond motifs is 1. The van der Waals surface area contributed by atoms with Crippen LogP contribution in [0.1, 0.15) is 36.5 Å². The quantitative estimate of drug-likeness (QED) is 0.386. The Morgan fingerprint density at radius 3 is 2.47 bits per heavy atom. The summed E-state index contributed by atoms with van der Waals surface area (Å²) in [5.41, 5.74) is 3.03. The number of benzene rings is 2. The third-order valence-electron chi connectivity index (χ3n) is 4.81. The van der Waals surface area contributed by atoms with Crippen molar-refractivity contribution in [1.82, 2.24) is 9.99 Å². The number of hydrogen-bond donors (Lipinski definition) is 3. The number of hydrazone groups is 1. The molecule has 3 rings (SSSR count). The number of aromatic nitrogens is 1. The molecule has 0 radical (unpaired) electrons. The summed E-state index contributed by atoms with van der Waals surface area (Å²) in [5.74, 6) is -2.13. The first kappa shape index (κ1) is 22.9. The maximum absolute atomic E-state index is 13.3. The summed E-state index contributed by atoms with van der Waals surface area (Å²) in [6.07, 6.45) is -5.25. The Hall–Kier alpha value is -3.82. The average Bonchev–Trinajstić information content (AvgIpc) is 3.00. The Morgan fingerprint density at radius 1 is 1.12 bits per heavy atom. The molecule has 1 aromatic heterocycles. The lowest BCUT2D eigenvalue weighted by Gasteiger charge is -2.10. The highest BCUT2D eigenvalue weighted by atomic mass is 19.4. The SMILES string of the molecule is CC(=NNC(=O)CCC(=O)O)c1c(O)n(-c2cccc(C)c2)c2cc(C(F)(F)F)ccc12. The largest absolute Gasteiger partial charge is 0.494 e. The molecule has 1 amide bonds. The highest BCUT2D eigenvalue weighted by molar-refractivity contribution is 6.13. The number of halogens is 3. The van der Waals surface area contributed by atoms with Crippen molar-refractivity contribution in [3.05, 3.63) is 59.2 Å². The zero-order valence-electron chi connectivity index (χ0n) is 17.2. The molecule has 32 heavy (non-hydrogen) atoms. The fraction of sp³-hybridized carbons (Fsp3) is 0.227. The van der Waals surface area contributed by atoms with E-state index in [1.165, 1.54) is 17.6 Å². The first-order chi connectivity index (χ1) is 15.0. The molecule has 1 heterocycles. The predicted octanol–water partition coefficient (Wildman–Crippen LogP) is 4.37. The van der Waals surface area contributed by atoms with Crippen molar-refractivity contribution in [2.75, 3.05) is 0 Å². The summed E-state index contributed by atoms with van der Waals surface area (Å²) in [4.78, 5) is 22.4. The van der Waals surface area contributed by atoms with Gasteiger partial charge in [0.05, 0.1) is 28.8 Å². The molecule has 168 valence electrons. The molecular formula is C22H20F3N3O4. The van der Waals surface area contributed by atoms with E-state index in [1.807, 2.05) is 13.0 Å². The number of carbonyl (C=O) groups excluding carboxylic acids is 1. The van der Waals surface area contributed by atoms with Gasteiger partial charge in [-0.1, -0.05) is 18.2 Å². The third-order valence-corrected chi connectivity index (χ3v) is 4.81. The van der Waals surface area contributed by atoms with Crippen molar-refractivity contribution in [1.29, 1.82) is 0 Å². The van der Waals surface area contributed by atoms with Crippen LogP contribution >= 0.6 is 0 Å². The minimum Gasteiger partial charge on any atom is -0.494 e. The lowest BCUT2D eigenvalue weighted by molar-refractivity contribution is -0.139. The van der Waals surface area contributed by atoms with Gasteiger partial charge in [0.2, 0.25) is 11.8 Å². The second-order valence-electron chi connectivity index (χ2n) is 7.23. The number of carboxylic acids is 1. The average molecular weight is 447 g/mol. The topological polar surface area (TPSA) is 104 Å². The summed E-state index contributed by atoms with van der Waals surface area (Å²) < 4.78 is 41.3. The van der Waals surface area contributed by atoms with E-state index in [0.29, 0.717) is 11.1 Å². The van der Waals surface area contributed by atoms with E-state index in [2.05, 4.69) is 10.5 Å². The van der Waals surface area contributed by atoms with Crippen molar-refractivity contribution < 1.29 is 33.0 Å². The molecule has 0 saturated heterocycles. The van der Waals surface area contributed by atoms with E-state index in [1.54, 1.807) is 18.2 Å². The van der Waals surface area contributed by atoms with Gasteiger partial charge >= 0.3 is 12.1 Å². The van der Waals surface area contributed by atoms with Gasteiger partial charge in [0.25, 0.3) is 0 Å². The van der Waals surface area contributed by atoms with Crippen LogP contribution in [0, 0.1) is 6.92 Å². The number of hydrogen-bond acceptors (Lipinski definition) is 4. The number of aryl methyl sites for hydroxylation is 1. The van der Waals surface area contributed by atoms with Gasteiger partial charge in [-0.05, 0) is 43.7 Å². The van der Waals surface area contributed by atoms with Crippen LogP contribution in [0.15, 0.2) is 47.6 Å². The first-order valence-corrected chi connectivity index (χ1v) is 9.56. The van der Waals surface area contributed by atoms with Crippen LogP contribution in [-0.2, 0) is 15.8 Å². The third kappa shape index (κ3) is 4.74. The van der Waals surface area contributed by atoms with E-state index in [9.17, 15) is 27.9 Å². The molecule has 0 unspecified atom stereocenters. The Morgan fingerprint density at radius 2 is 1.84 bits per heavy atom. The van der Waals surface area contributed by atoms with Gasteiger partial charge < -0.3 is 10.2 Å². The van der Waals surface area contributed by atoms with Gasteiger partial charge in [0, 0.05) is 17.5 Å². The van der Waals surface area contributed by atoms with Crippen LogP contribution in [-0.4, -0.2) is 32.4 Å². The Balaban J connectivity index is 2.14. The molecule has 3 N–H and O–H groups in total. The lowest BCUT2D eigenvalue weighted by Crippen LogP contribution is -2.20. The Bertz CT molecular complexity index is 1230. The molecule has 0 atom stereocenters. The highest BCUT2D eigenvalue weighted by Crippen LogP contribution is 2.38.